The Morgan fingerprint density at radius 2 is 2.25 bits per heavy atom. The van der Waals surface area contributed by atoms with Crippen molar-refractivity contribution in [3.8, 4) is 5.75 Å². The van der Waals surface area contributed by atoms with Gasteiger partial charge in [0.1, 0.15) is 17.1 Å². The van der Waals surface area contributed by atoms with Crippen LogP contribution in [0.5, 0.6) is 5.75 Å². The largest absolute Gasteiger partial charge is 0.497 e. The van der Waals surface area contributed by atoms with Crippen LogP contribution in [-0.2, 0) is 20.9 Å². The molecule has 7 heteroatoms. The lowest BCUT2D eigenvalue weighted by atomic mass is 9.77. The van der Waals surface area contributed by atoms with E-state index in [4.69, 9.17) is 13.9 Å². The fourth-order valence-electron chi connectivity index (χ4n) is 4.53. The first-order valence-electron chi connectivity index (χ1n) is 9.23. The summed E-state index contributed by atoms with van der Waals surface area (Å²) in [7, 11) is 1.57. The average molecular weight is 380 g/mol. The van der Waals surface area contributed by atoms with Gasteiger partial charge in [-0.25, -0.2) is 0 Å². The summed E-state index contributed by atoms with van der Waals surface area (Å²) in [5.74, 6) is -0.0225. The Bertz CT molecular complexity index is 953. The zero-order valence-corrected chi connectivity index (χ0v) is 15.3. The van der Waals surface area contributed by atoms with Gasteiger partial charge in [0.2, 0.25) is 11.8 Å². The number of likely N-dealkylation sites (tertiary alicyclic amines) is 1. The monoisotopic (exact) mass is 380 g/mol. The van der Waals surface area contributed by atoms with E-state index in [1.54, 1.807) is 48.6 Å². The Balaban J connectivity index is 1.38. The number of carbonyl (C=O) groups is 2. The van der Waals surface area contributed by atoms with Crippen molar-refractivity contribution in [2.75, 3.05) is 19.0 Å². The van der Waals surface area contributed by atoms with Crippen molar-refractivity contribution in [2.45, 2.75) is 18.2 Å². The maximum Gasteiger partial charge on any atom is 0.231 e. The van der Waals surface area contributed by atoms with Crippen LogP contribution < -0.4 is 10.1 Å². The molecular weight excluding hydrogens is 360 g/mol. The molecule has 144 valence electrons. The van der Waals surface area contributed by atoms with E-state index in [1.807, 2.05) is 18.2 Å². The molecular formula is C21H20N2O5. The van der Waals surface area contributed by atoms with Crippen molar-refractivity contribution in [3.63, 3.8) is 0 Å². The van der Waals surface area contributed by atoms with Gasteiger partial charge in [0, 0.05) is 11.8 Å². The number of benzene rings is 1. The van der Waals surface area contributed by atoms with Crippen molar-refractivity contribution < 1.29 is 23.5 Å². The van der Waals surface area contributed by atoms with E-state index < -0.39 is 17.4 Å². The number of hydrogen-bond donors (Lipinski definition) is 1. The van der Waals surface area contributed by atoms with Crippen LogP contribution in [0.25, 0.3) is 0 Å². The van der Waals surface area contributed by atoms with Gasteiger partial charge in [-0.1, -0.05) is 18.2 Å². The van der Waals surface area contributed by atoms with E-state index in [0.29, 0.717) is 30.3 Å². The fraction of sp³-hybridized carbons (Fsp3) is 0.333. The SMILES string of the molecule is COc1cccc(NC(=O)[C@H]2[C@H]3C=C[C@@]4(CN(Cc5ccco5)C(=O)[C@@H]24)O3)c1. The molecule has 0 aliphatic carbocycles. The van der Waals surface area contributed by atoms with Gasteiger partial charge in [-0.2, -0.15) is 0 Å². The Labute approximate surface area is 161 Å². The molecule has 0 saturated carbocycles. The van der Waals surface area contributed by atoms with E-state index in [9.17, 15) is 9.59 Å². The van der Waals surface area contributed by atoms with Crippen LogP contribution in [0.2, 0.25) is 0 Å². The first-order chi connectivity index (χ1) is 13.6. The van der Waals surface area contributed by atoms with E-state index in [2.05, 4.69) is 5.32 Å². The summed E-state index contributed by atoms with van der Waals surface area (Å²) in [6.07, 6.45) is 5.04. The second kappa shape index (κ2) is 6.24. The summed E-state index contributed by atoms with van der Waals surface area (Å²) in [6.45, 7) is 0.795. The number of furan rings is 1. The zero-order valence-electron chi connectivity index (χ0n) is 15.3. The Hall–Kier alpha value is -3.06. The highest BCUT2D eigenvalue weighted by Crippen LogP contribution is 2.52. The number of amides is 2. The molecule has 5 rings (SSSR count). The second-order valence-corrected chi connectivity index (χ2v) is 7.39. The minimum absolute atomic E-state index is 0.0750. The minimum atomic E-state index is -0.731. The maximum atomic E-state index is 13.1. The summed E-state index contributed by atoms with van der Waals surface area (Å²) in [5, 5.41) is 2.91. The van der Waals surface area contributed by atoms with Gasteiger partial charge < -0.3 is 24.1 Å². The Morgan fingerprint density at radius 3 is 3.04 bits per heavy atom. The molecule has 0 unspecified atom stereocenters. The van der Waals surface area contributed by atoms with Crippen molar-refractivity contribution in [1.82, 2.24) is 4.90 Å². The average Bonchev–Trinajstić information content (AvgIpc) is 3.45. The standard InChI is InChI=1S/C21H20N2O5/c1-26-14-5-2-4-13(10-14)22-19(24)17-16-7-8-21(28-16)12-23(20(25)18(17)21)11-15-6-3-9-27-15/h2-10,16-18H,11-12H2,1H3,(H,22,24)/t16-,17+,18-,21+/m1/s1. The van der Waals surface area contributed by atoms with Crippen LogP contribution in [0, 0.1) is 11.8 Å². The minimum Gasteiger partial charge on any atom is -0.497 e. The third kappa shape index (κ3) is 2.54. The van der Waals surface area contributed by atoms with Gasteiger partial charge in [-0.05, 0) is 24.3 Å². The molecule has 2 saturated heterocycles. The van der Waals surface area contributed by atoms with E-state index >= 15 is 0 Å². The lowest BCUT2D eigenvalue weighted by Crippen LogP contribution is -2.41. The number of anilines is 1. The third-order valence-electron chi connectivity index (χ3n) is 5.75. The number of rotatable bonds is 5. The third-order valence-corrected chi connectivity index (χ3v) is 5.75. The lowest BCUT2D eigenvalue weighted by molar-refractivity contribution is -0.136. The quantitative estimate of drug-likeness (QED) is 0.805. The zero-order chi connectivity index (χ0) is 19.3. The topological polar surface area (TPSA) is 81.0 Å². The molecule has 2 bridgehead atoms. The molecule has 1 aromatic heterocycles. The second-order valence-electron chi connectivity index (χ2n) is 7.39. The van der Waals surface area contributed by atoms with Gasteiger partial charge >= 0.3 is 0 Å². The number of fused-ring (bicyclic) bond motifs is 1. The molecule has 0 radical (unpaired) electrons. The predicted molar refractivity (Wildman–Crippen MR) is 99.5 cm³/mol. The van der Waals surface area contributed by atoms with Gasteiger partial charge in [0.05, 0.1) is 44.4 Å². The van der Waals surface area contributed by atoms with Crippen LogP contribution in [0.4, 0.5) is 5.69 Å². The van der Waals surface area contributed by atoms with Gasteiger partial charge in [-0.15, -0.1) is 0 Å². The summed E-state index contributed by atoms with van der Waals surface area (Å²) >= 11 is 0. The lowest BCUT2D eigenvalue weighted by Gasteiger charge is -2.23. The number of methoxy groups -OCH3 is 1. The molecule has 4 heterocycles. The predicted octanol–water partition coefficient (Wildman–Crippen LogP) is 2.21. The summed E-state index contributed by atoms with van der Waals surface area (Å²) < 4.78 is 16.7. The molecule has 2 aromatic rings. The molecule has 7 nitrogen and oxygen atoms in total. The molecule has 1 N–H and O–H groups in total. The molecule has 3 aliphatic heterocycles. The highest BCUT2D eigenvalue weighted by atomic mass is 16.5. The fourth-order valence-corrected chi connectivity index (χ4v) is 4.53. The molecule has 2 amide bonds. The van der Waals surface area contributed by atoms with Crippen LogP contribution in [0.1, 0.15) is 5.76 Å². The molecule has 28 heavy (non-hydrogen) atoms. The summed E-state index contributed by atoms with van der Waals surface area (Å²) in [5.41, 5.74) is -0.104. The van der Waals surface area contributed by atoms with Crippen LogP contribution in [-0.4, -0.2) is 42.1 Å². The first-order valence-corrected chi connectivity index (χ1v) is 9.23. The highest BCUT2D eigenvalue weighted by Gasteiger charge is 2.66. The van der Waals surface area contributed by atoms with Gasteiger partial charge in [-0.3, -0.25) is 9.59 Å². The van der Waals surface area contributed by atoms with E-state index in [1.165, 1.54) is 0 Å². The van der Waals surface area contributed by atoms with Crippen molar-refractivity contribution >= 4 is 17.5 Å². The van der Waals surface area contributed by atoms with Gasteiger partial charge in [0.25, 0.3) is 0 Å². The molecule has 1 spiro atoms. The molecule has 1 aromatic carbocycles. The highest BCUT2D eigenvalue weighted by molar-refractivity contribution is 5.99. The van der Waals surface area contributed by atoms with E-state index in [-0.39, 0.29) is 17.9 Å². The normalized spacial score (nSPS) is 30.0. The molecule has 4 atom stereocenters. The van der Waals surface area contributed by atoms with E-state index in [0.717, 1.165) is 0 Å². The maximum absolute atomic E-state index is 13.1. The number of hydrogen-bond acceptors (Lipinski definition) is 5. The molecule has 3 aliphatic rings. The smallest absolute Gasteiger partial charge is 0.231 e. The van der Waals surface area contributed by atoms with Crippen molar-refractivity contribution in [3.05, 3.63) is 60.6 Å². The number of nitrogens with zero attached hydrogens (tertiary/aromatic N) is 1. The first kappa shape index (κ1) is 17.1. The number of carbonyl (C=O) groups excluding carboxylic acids is 2. The van der Waals surface area contributed by atoms with Crippen LogP contribution >= 0.6 is 0 Å². The summed E-state index contributed by atoms with van der Waals surface area (Å²) in [6, 6.07) is 10.8. The van der Waals surface area contributed by atoms with Gasteiger partial charge in [0.15, 0.2) is 0 Å². The number of nitrogens with one attached hydrogen (secondary N) is 1. The van der Waals surface area contributed by atoms with Crippen molar-refractivity contribution in [1.29, 1.82) is 0 Å². The Morgan fingerprint density at radius 1 is 1.36 bits per heavy atom. The van der Waals surface area contributed by atoms with Crippen molar-refractivity contribution in [2.24, 2.45) is 11.8 Å². The molecule has 2 fully saturated rings. The summed E-state index contributed by atoms with van der Waals surface area (Å²) in [4.78, 5) is 27.9. The van der Waals surface area contributed by atoms with Crippen LogP contribution in [0.3, 0.4) is 0 Å². The van der Waals surface area contributed by atoms with Crippen LogP contribution in [0.15, 0.2) is 59.2 Å². The Kier molecular flexibility index (Phi) is 3.80. The number of ether oxygens (including phenoxy) is 2.